The third-order valence-electron chi connectivity index (χ3n) is 3.76. The van der Waals surface area contributed by atoms with Gasteiger partial charge in [-0.2, -0.15) is 0 Å². The van der Waals surface area contributed by atoms with Crippen molar-refractivity contribution in [2.24, 2.45) is 16.6 Å². The van der Waals surface area contributed by atoms with Crippen molar-refractivity contribution in [3.05, 3.63) is 35.2 Å². The SMILES string of the molecule is CCCN1C2=CCCC3CC=CC(=C23)N=C1N. The number of guanidine groups is 1. The van der Waals surface area contributed by atoms with Crippen LogP contribution in [0.3, 0.4) is 0 Å². The summed E-state index contributed by atoms with van der Waals surface area (Å²) in [6.45, 7) is 3.15. The van der Waals surface area contributed by atoms with Gasteiger partial charge >= 0.3 is 0 Å². The topological polar surface area (TPSA) is 41.6 Å². The van der Waals surface area contributed by atoms with Gasteiger partial charge in [0, 0.05) is 17.8 Å². The molecule has 0 saturated carbocycles. The summed E-state index contributed by atoms with van der Waals surface area (Å²) in [7, 11) is 0. The number of aliphatic imine (C=N–C) groups is 1. The Bertz CT molecular complexity index is 454. The molecule has 0 bridgehead atoms. The first kappa shape index (κ1) is 10.6. The first-order valence-corrected chi connectivity index (χ1v) is 6.54. The van der Waals surface area contributed by atoms with Crippen molar-refractivity contribution in [2.45, 2.75) is 32.6 Å². The maximum absolute atomic E-state index is 6.07. The third-order valence-corrected chi connectivity index (χ3v) is 3.76. The predicted molar refractivity (Wildman–Crippen MR) is 70.2 cm³/mol. The van der Waals surface area contributed by atoms with Gasteiger partial charge in [-0.25, -0.2) is 4.99 Å². The van der Waals surface area contributed by atoms with Gasteiger partial charge in [-0.15, -0.1) is 0 Å². The van der Waals surface area contributed by atoms with Crippen LogP contribution in [0.2, 0.25) is 0 Å². The minimum absolute atomic E-state index is 0.657. The lowest BCUT2D eigenvalue weighted by molar-refractivity contribution is 0.442. The van der Waals surface area contributed by atoms with Crippen LogP contribution in [-0.4, -0.2) is 17.4 Å². The quantitative estimate of drug-likeness (QED) is 0.790. The van der Waals surface area contributed by atoms with Crippen LogP contribution in [0.4, 0.5) is 0 Å². The summed E-state index contributed by atoms with van der Waals surface area (Å²) < 4.78 is 0. The molecule has 2 N–H and O–H groups in total. The van der Waals surface area contributed by atoms with Crippen molar-refractivity contribution < 1.29 is 0 Å². The second-order valence-corrected chi connectivity index (χ2v) is 4.92. The molecule has 1 heterocycles. The molecule has 1 atom stereocenters. The Morgan fingerprint density at radius 3 is 3.24 bits per heavy atom. The molecule has 0 aromatic carbocycles. The minimum atomic E-state index is 0.657. The number of nitrogens with two attached hydrogens (primary N) is 1. The Balaban J connectivity index is 2.08. The summed E-state index contributed by atoms with van der Waals surface area (Å²) in [5.41, 5.74) is 9.93. The lowest BCUT2D eigenvalue weighted by Crippen LogP contribution is -2.42. The summed E-state index contributed by atoms with van der Waals surface area (Å²) in [5, 5.41) is 0. The molecular formula is C14H19N3. The number of hydrogen-bond donors (Lipinski definition) is 1. The smallest absolute Gasteiger partial charge is 0.201 e. The molecule has 3 heteroatoms. The molecule has 3 rings (SSSR count). The standard InChI is InChI=1S/C14H19N3/c1-2-9-17-12-8-4-6-10-5-3-7-11(13(10)12)16-14(17)15/h3,7-8,10H,2,4-6,9H2,1H3,(H2,15,16). The summed E-state index contributed by atoms with van der Waals surface area (Å²) in [6, 6.07) is 0. The fourth-order valence-electron chi connectivity index (χ4n) is 3.01. The van der Waals surface area contributed by atoms with Crippen molar-refractivity contribution in [1.82, 2.24) is 4.90 Å². The van der Waals surface area contributed by atoms with Gasteiger partial charge in [0.2, 0.25) is 5.96 Å². The highest BCUT2D eigenvalue weighted by Crippen LogP contribution is 2.41. The van der Waals surface area contributed by atoms with E-state index >= 15 is 0 Å². The van der Waals surface area contributed by atoms with Crippen LogP contribution in [0.1, 0.15) is 32.6 Å². The van der Waals surface area contributed by atoms with Crippen LogP contribution in [-0.2, 0) is 0 Å². The van der Waals surface area contributed by atoms with Gasteiger partial charge in [0.1, 0.15) is 0 Å². The summed E-state index contributed by atoms with van der Waals surface area (Å²) in [4.78, 5) is 6.74. The van der Waals surface area contributed by atoms with E-state index in [4.69, 9.17) is 5.73 Å². The van der Waals surface area contributed by atoms with Crippen molar-refractivity contribution >= 4 is 5.96 Å². The van der Waals surface area contributed by atoms with Crippen molar-refractivity contribution in [1.29, 1.82) is 0 Å². The highest BCUT2D eigenvalue weighted by molar-refractivity contribution is 5.84. The minimum Gasteiger partial charge on any atom is -0.369 e. The molecule has 2 aliphatic carbocycles. The second-order valence-electron chi connectivity index (χ2n) is 4.92. The van der Waals surface area contributed by atoms with Crippen molar-refractivity contribution in [3.63, 3.8) is 0 Å². The van der Waals surface area contributed by atoms with E-state index < -0.39 is 0 Å². The van der Waals surface area contributed by atoms with Crippen molar-refractivity contribution in [3.8, 4) is 0 Å². The average molecular weight is 229 g/mol. The summed E-state index contributed by atoms with van der Waals surface area (Å²) in [6.07, 6.45) is 11.4. The van der Waals surface area contributed by atoms with Gasteiger partial charge in [-0.05, 0) is 37.7 Å². The average Bonchev–Trinajstić information content (AvgIpc) is 2.34. The summed E-state index contributed by atoms with van der Waals surface area (Å²) in [5.74, 6) is 1.32. The molecule has 0 radical (unpaired) electrons. The Kier molecular flexibility index (Phi) is 2.54. The zero-order valence-corrected chi connectivity index (χ0v) is 10.3. The van der Waals surface area contributed by atoms with Crippen LogP contribution in [0.15, 0.2) is 40.2 Å². The predicted octanol–water partition coefficient (Wildman–Crippen LogP) is 2.53. The normalized spacial score (nSPS) is 26.6. The molecule has 3 aliphatic rings. The molecule has 1 unspecified atom stereocenters. The molecule has 1 aliphatic heterocycles. The maximum atomic E-state index is 6.07. The fourth-order valence-corrected chi connectivity index (χ4v) is 3.01. The number of rotatable bonds is 2. The molecule has 17 heavy (non-hydrogen) atoms. The molecule has 0 spiro atoms. The number of allylic oxidation sites excluding steroid dienone is 4. The monoisotopic (exact) mass is 229 g/mol. The van der Waals surface area contributed by atoms with E-state index in [1.165, 1.54) is 17.7 Å². The molecule has 3 nitrogen and oxygen atoms in total. The van der Waals surface area contributed by atoms with Crippen LogP contribution >= 0.6 is 0 Å². The van der Waals surface area contributed by atoms with E-state index in [1.54, 1.807) is 0 Å². The Hall–Kier alpha value is -1.51. The van der Waals surface area contributed by atoms with E-state index in [1.807, 2.05) is 0 Å². The Morgan fingerprint density at radius 1 is 1.53 bits per heavy atom. The van der Waals surface area contributed by atoms with Crippen molar-refractivity contribution in [2.75, 3.05) is 6.54 Å². The Labute approximate surface area is 102 Å². The van der Waals surface area contributed by atoms with Gasteiger partial charge in [-0.3, -0.25) is 0 Å². The second kappa shape index (κ2) is 4.06. The lowest BCUT2D eigenvalue weighted by Gasteiger charge is -2.38. The number of hydrogen-bond acceptors (Lipinski definition) is 3. The molecule has 0 aromatic rings. The van der Waals surface area contributed by atoms with Gasteiger partial charge < -0.3 is 10.6 Å². The highest BCUT2D eigenvalue weighted by Gasteiger charge is 2.32. The fraction of sp³-hybridized carbons (Fsp3) is 0.500. The number of nitrogens with zero attached hydrogens (tertiary/aromatic N) is 2. The van der Waals surface area contributed by atoms with Crippen LogP contribution in [0, 0.1) is 5.92 Å². The van der Waals surface area contributed by atoms with E-state index in [9.17, 15) is 0 Å². The molecule has 0 aromatic heterocycles. The Morgan fingerprint density at radius 2 is 2.41 bits per heavy atom. The zero-order chi connectivity index (χ0) is 11.8. The van der Waals surface area contributed by atoms with Gasteiger partial charge in [-0.1, -0.05) is 19.1 Å². The molecular weight excluding hydrogens is 210 g/mol. The lowest BCUT2D eigenvalue weighted by atomic mass is 9.79. The van der Waals surface area contributed by atoms with Crippen LogP contribution in [0.5, 0.6) is 0 Å². The highest BCUT2D eigenvalue weighted by atomic mass is 15.3. The van der Waals surface area contributed by atoms with E-state index in [0.29, 0.717) is 11.9 Å². The summed E-state index contributed by atoms with van der Waals surface area (Å²) >= 11 is 0. The zero-order valence-electron chi connectivity index (χ0n) is 10.3. The largest absolute Gasteiger partial charge is 0.369 e. The molecule has 0 saturated heterocycles. The van der Waals surface area contributed by atoms with Crippen LogP contribution in [0.25, 0.3) is 0 Å². The van der Waals surface area contributed by atoms with Gasteiger partial charge in [0.25, 0.3) is 0 Å². The van der Waals surface area contributed by atoms with E-state index in [-0.39, 0.29) is 0 Å². The van der Waals surface area contributed by atoms with Crippen LogP contribution < -0.4 is 5.73 Å². The van der Waals surface area contributed by atoms with Gasteiger partial charge in [0.15, 0.2) is 0 Å². The van der Waals surface area contributed by atoms with E-state index in [0.717, 1.165) is 31.5 Å². The molecule has 90 valence electrons. The maximum Gasteiger partial charge on any atom is 0.201 e. The molecule has 0 amide bonds. The molecule has 0 fully saturated rings. The first-order chi connectivity index (χ1) is 8.31. The van der Waals surface area contributed by atoms with E-state index in [2.05, 4.69) is 35.0 Å². The van der Waals surface area contributed by atoms with Gasteiger partial charge in [0.05, 0.1) is 5.70 Å². The first-order valence-electron chi connectivity index (χ1n) is 6.54. The third kappa shape index (κ3) is 1.61.